The van der Waals surface area contributed by atoms with E-state index in [1.807, 2.05) is 60.9 Å². The van der Waals surface area contributed by atoms with E-state index in [4.69, 9.17) is 14.7 Å². The molecule has 5 rings (SSSR count). The van der Waals surface area contributed by atoms with Crippen LogP contribution in [0.25, 0.3) is 28.1 Å². The Morgan fingerprint density at radius 1 is 0.973 bits per heavy atom. The molecule has 1 aromatic heterocycles. The van der Waals surface area contributed by atoms with Crippen LogP contribution >= 0.6 is 0 Å². The number of methoxy groups -OCH3 is 1. The van der Waals surface area contributed by atoms with Crippen molar-refractivity contribution in [1.82, 2.24) is 14.5 Å². The van der Waals surface area contributed by atoms with Crippen LogP contribution in [0.5, 0.6) is 5.88 Å². The minimum atomic E-state index is -4.41. The number of ether oxygens (including phenoxy) is 1. The fraction of sp³-hybridized carbons (Fsp3) is 0.179. The quantitative estimate of drug-likeness (QED) is 0.274. The van der Waals surface area contributed by atoms with Gasteiger partial charge in [0.25, 0.3) is 0 Å². The number of halogens is 3. The second-order valence-electron chi connectivity index (χ2n) is 8.78. The number of aromatic nitrogens is 3. The molecule has 0 radical (unpaired) electrons. The molecule has 3 aromatic rings. The van der Waals surface area contributed by atoms with Gasteiger partial charge >= 0.3 is 6.18 Å². The van der Waals surface area contributed by atoms with Crippen LogP contribution in [0.2, 0.25) is 0 Å². The summed E-state index contributed by atoms with van der Waals surface area (Å²) in [5, 5.41) is 4.06. The van der Waals surface area contributed by atoms with Crippen molar-refractivity contribution in [2.75, 3.05) is 12.4 Å². The van der Waals surface area contributed by atoms with E-state index < -0.39 is 11.7 Å². The van der Waals surface area contributed by atoms with E-state index in [0.29, 0.717) is 28.1 Å². The number of anilines is 2. The third kappa shape index (κ3) is 4.97. The molecule has 188 valence electrons. The molecule has 0 saturated heterocycles. The highest BCUT2D eigenvalue weighted by Gasteiger charge is 2.30. The van der Waals surface area contributed by atoms with Crippen molar-refractivity contribution in [3.63, 3.8) is 0 Å². The van der Waals surface area contributed by atoms with Crippen LogP contribution < -0.4 is 15.4 Å². The predicted octanol–water partition coefficient (Wildman–Crippen LogP) is 6.61. The normalized spacial score (nSPS) is 12.5. The molecule has 0 spiro atoms. The standard InChI is InChI=1S/C28H24F3N5O/c1-17(2)33-23-15-26-24(14-22(23)34-19-10-13-27(37-3)32-16-19)35-21-6-4-5-7-25(21)36(26)20-11-8-18(9-12-20)28(29,30)31/h4-17,34H,1-3H3. The summed E-state index contributed by atoms with van der Waals surface area (Å²) in [6.45, 7) is 3.96. The van der Waals surface area contributed by atoms with Gasteiger partial charge in [-0.2, -0.15) is 13.2 Å². The minimum Gasteiger partial charge on any atom is -0.481 e. The lowest BCUT2D eigenvalue weighted by Crippen LogP contribution is -2.16. The van der Waals surface area contributed by atoms with Crippen LogP contribution in [-0.4, -0.2) is 27.7 Å². The monoisotopic (exact) mass is 503 g/mol. The smallest absolute Gasteiger partial charge is 0.416 e. The Hall–Kier alpha value is -4.40. The Kier molecular flexibility index (Phi) is 6.29. The van der Waals surface area contributed by atoms with Crippen molar-refractivity contribution in [3.05, 3.63) is 89.9 Å². The number of hydrogen-bond acceptors (Lipinski definition) is 5. The summed E-state index contributed by atoms with van der Waals surface area (Å²) < 4.78 is 46.7. The van der Waals surface area contributed by atoms with Crippen LogP contribution in [0.1, 0.15) is 19.4 Å². The zero-order valence-corrected chi connectivity index (χ0v) is 20.4. The Morgan fingerprint density at radius 3 is 2.38 bits per heavy atom. The molecular weight excluding hydrogens is 479 g/mol. The summed E-state index contributed by atoms with van der Waals surface area (Å²) in [7, 11) is 1.56. The molecule has 0 atom stereocenters. The Bertz CT molecular complexity index is 1590. The summed E-state index contributed by atoms with van der Waals surface area (Å²) in [5.74, 6) is 0.502. The number of benzene rings is 3. The lowest BCUT2D eigenvalue weighted by atomic mass is 10.1. The van der Waals surface area contributed by atoms with Crippen LogP contribution in [0.3, 0.4) is 0 Å². The molecule has 0 unspecified atom stereocenters. The largest absolute Gasteiger partial charge is 0.481 e. The van der Waals surface area contributed by atoms with Crippen LogP contribution in [0, 0.1) is 0 Å². The summed E-state index contributed by atoms with van der Waals surface area (Å²) in [6, 6.07) is 20.1. The second-order valence-corrected chi connectivity index (χ2v) is 8.78. The fourth-order valence-corrected chi connectivity index (χ4v) is 4.14. The molecule has 9 heteroatoms. The molecule has 1 aliphatic carbocycles. The van der Waals surface area contributed by atoms with Crippen LogP contribution in [-0.2, 0) is 6.18 Å². The van der Waals surface area contributed by atoms with E-state index in [1.165, 1.54) is 12.1 Å². The van der Waals surface area contributed by atoms with Gasteiger partial charge in [-0.25, -0.2) is 9.97 Å². The van der Waals surface area contributed by atoms with Gasteiger partial charge in [0.15, 0.2) is 0 Å². The molecule has 6 nitrogen and oxygen atoms in total. The first-order chi connectivity index (χ1) is 17.7. The van der Waals surface area contributed by atoms with Crippen molar-refractivity contribution in [1.29, 1.82) is 0 Å². The number of hydrogen-bond donors (Lipinski definition) is 1. The fourth-order valence-electron chi connectivity index (χ4n) is 4.14. The number of alkyl halides is 3. The summed E-state index contributed by atoms with van der Waals surface area (Å²) in [5.41, 5.74) is 4.22. The third-order valence-electron chi connectivity index (χ3n) is 5.77. The van der Waals surface area contributed by atoms with Gasteiger partial charge in [0.1, 0.15) is 0 Å². The first-order valence-electron chi connectivity index (χ1n) is 11.7. The van der Waals surface area contributed by atoms with Crippen molar-refractivity contribution >= 4 is 22.4 Å². The highest BCUT2D eigenvalue weighted by atomic mass is 19.4. The van der Waals surface area contributed by atoms with Crippen molar-refractivity contribution < 1.29 is 17.9 Å². The number of rotatable bonds is 5. The summed E-state index contributed by atoms with van der Waals surface area (Å²) in [6.07, 6.45) is -2.75. The van der Waals surface area contributed by atoms with Crippen molar-refractivity contribution in [2.45, 2.75) is 26.1 Å². The molecule has 1 aliphatic heterocycles. The van der Waals surface area contributed by atoms with E-state index in [9.17, 15) is 13.2 Å². The maximum Gasteiger partial charge on any atom is 0.416 e. The van der Waals surface area contributed by atoms with E-state index in [2.05, 4.69) is 10.3 Å². The number of para-hydroxylation sites is 2. The molecule has 0 fully saturated rings. The molecule has 2 heterocycles. The van der Waals surface area contributed by atoms with Gasteiger partial charge < -0.3 is 14.6 Å². The molecular formula is C28H24F3N5O. The highest BCUT2D eigenvalue weighted by Crippen LogP contribution is 2.33. The first kappa shape index (κ1) is 24.3. The molecule has 1 N–H and O–H groups in total. The summed E-state index contributed by atoms with van der Waals surface area (Å²) in [4.78, 5) is 13.9. The number of nitrogens with zero attached hydrogens (tertiary/aromatic N) is 4. The average molecular weight is 504 g/mol. The summed E-state index contributed by atoms with van der Waals surface area (Å²) >= 11 is 0. The van der Waals surface area contributed by atoms with Crippen LogP contribution in [0.15, 0.2) is 84.0 Å². The Labute approximate surface area is 211 Å². The number of nitrogens with one attached hydrogen (secondary N) is 1. The molecule has 0 saturated carbocycles. The Balaban J connectivity index is 1.74. The average Bonchev–Trinajstić information content (AvgIpc) is 2.87. The van der Waals surface area contributed by atoms with Gasteiger partial charge in [-0.3, -0.25) is 4.99 Å². The molecule has 0 amide bonds. The van der Waals surface area contributed by atoms with Gasteiger partial charge in [0.05, 0.1) is 58.0 Å². The van der Waals surface area contributed by atoms with Gasteiger partial charge in [0.2, 0.25) is 5.88 Å². The van der Waals surface area contributed by atoms with Gasteiger partial charge in [-0.15, -0.1) is 0 Å². The topological polar surface area (TPSA) is 64.3 Å². The second kappa shape index (κ2) is 9.57. The first-order valence-corrected chi connectivity index (χ1v) is 11.7. The molecule has 0 bridgehead atoms. The van der Waals surface area contributed by atoms with E-state index >= 15 is 0 Å². The molecule has 2 aromatic carbocycles. The lowest BCUT2D eigenvalue weighted by molar-refractivity contribution is -0.137. The number of fused-ring (bicyclic) bond motifs is 2. The van der Waals surface area contributed by atoms with E-state index in [-0.39, 0.29) is 6.04 Å². The highest BCUT2D eigenvalue weighted by molar-refractivity contribution is 5.84. The van der Waals surface area contributed by atoms with Gasteiger partial charge in [-0.1, -0.05) is 12.1 Å². The Morgan fingerprint density at radius 2 is 1.73 bits per heavy atom. The zero-order valence-electron chi connectivity index (χ0n) is 20.4. The van der Waals surface area contributed by atoms with E-state index in [1.54, 1.807) is 19.4 Å². The molecule has 2 aliphatic rings. The van der Waals surface area contributed by atoms with Crippen LogP contribution in [0.4, 0.5) is 24.5 Å². The predicted molar refractivity (Wildman–Crippen MR) is 137 cm³/mol. The van der Waals surface area contributed by atoms with E-state index in [0.717, 1.165) is 34.7 Å². The minimum absolute atomic E-state index is 0.0000675. The number of pyridine rings is 1. The lowest BCUT2D eigenvalue weighted by Gasteiger charge is -2.21. The van der Waals surface area contributed by atoms with Crippen molar-refractivity contribution in [3.8, 4) is 23.0 Å². The van der Waals surface area contributed by atoms with Gasteiger partial charge in [-0.05, 0) is 68.4 Å². The van der Waals surface area contributed by atoms with Gasteiger partial charge in [0, 0.05) is 17.8 Å². The maximum absolute atomic E-state index is 13.2. The third-order valence-corrected chi connectivity index (χ3v) is 5.77. The van der Waals surface area contributed by atoms with Crippen molar-refractivity contribution in [2.24, 2.45) is 4.99 Å². The SMILES string of the molecule is COc1ccc(Nc2cc3nc4ccccc4n(-c4ccc(C(F)(F)F)cc4)c-3cc2=NC(C)C)cn1. The molecule has 37 heavy (non-hydrogen) atoms. The zero-order chi connectivity index (χ0) is 26.2. The maximum atomic E-state index is 13.2.